The molecule has 0 radical (unpaired) electrons. The third-order valence-electron chi connectivity index (χ3n) is 6.90. The zero-order valence-electron chi connectivity index (χ0n) is 20.2. The van der Waals surface area contributed by atoms with E-state index in [0.717, 1.165) is 6.07 Å². The van der Waals surface area contributed by atoms with Gasteiger partial charge in [0.2, 0.25) is 5.95 Å². The van der Waals surface area contributed by atoms with E-state index < -0.39 is 35.1 Å². The van der Waals surface area contributed by atoms with Crippen molar-refractivity contribution in [1.82, 2.24) is 20.1 Å². The van der Waals surface area contributed by atoms with Crippen LogP contribution in [-0.4, -0.2) is 64.6 Å². The fourth-order valence-electron chi connectivity index (χ4n) is 4.66. The number of aromatic nitrogens is 4. The first kappa shape index (κ1) is 25.2. The standard InChI is InChI=1S/C24H27F4N7O2/c1-2-21-32-23(37-33-21)34-5-3-24(28,4-6-34)13-36-14-9-30-22(31-10-14)35-11-16(20(29)12-35)15-7-18(26)19(27)8-17(15)25/h7-10,16,20H,2-6,11-13,29H2,1H3/t16-,20?/m1/s1. The molecule has 1 unspecified atom stereocenters. The summed E-state index contributed by atoms with van der Waals surface area (Å²) in [5.41, 5.74) is 4.65. The number of nitrogens with zero attached hydrogens (tertiary/aromatic N) is 6. The summed E-state index contributed by atoms with van der Waals surface area (Å²) in [5.74, 6) is -2.55. The lowest BCUT2D eigenvalue weighted by Crippen LogP contribution is -2.45. The Morgan fingerprint density at radius 3 is 2.43 bits per heavy atom. The quantitative estimate of drug-likeness (QED) is 0.371. The van der Waals surface area contributed by atoms with Crippen LogP contribution in [0.5, 0.6) is 5.75 Å². The Labute approximate surface area is 210 Å². The molecule has 2 aromatic heterocycles. The SMILES string of the molecule is CCc1noc(N2CCC(F)(COc3cnc(N4CC(N)[C@@H](c5cc(F)c(F)cc5F)C4)nc3)CC2)n1. The molecule has 0 saturated carbocycles. The fourth-order valence-corrected chi connectivity index (χ4v) is 4.66. The van der Waals surface area contributed by atoms with E-state index in [1.54, 1.807) is 4.90 Å². The highest BCUT2D eigenvalue weighted by Gasteiger charge is 2.37. The molecule has 3 aromatic rings. The second-order valence-corrected chi connectivity index (χ2v) is 9.46. The minimum atomic E-state index is -1.52. The first-order chi connectivity index (χ1) is 17.7. The van der Waals surface area contributed by atoms with Gasteiger partial charge in [0.25, 0.3) is 0 Å². The molecule has 2 fully saturated rings. The molecule has 1 aromatic carbocycles. The van der Waals surface area contributed by atoms with Gasteiger partial charge in [0.15, 0.2) is 23.2 Å². The highest BCUT2D eigenvalue weighted by atomic mass is 19.2. The molecule has 37 heavy (non-hydrogen) atoms. The fraction of sp³-hybridized carbons (Fsp3) is 0.500. The van der Waals surface area contributed by atoms with E-state index in [1.807, 2.05) is 11.8 Å². The number of aryl methyl sites for hydroxylation is 1. The molecule has 5 rings (SSSR count). The van der Waals surface area contributed by atoms with Crippen LogP contribution in [0, 0.1) is 17.5 Å². The van der Waals surface area contributed by atoms with E-state index >= 15 is 4.39 Å². The summed E-state index contributed by atoms with van der Waals surface area (Å²) in [6.07, 6.45) is 4.01. The number of nitrogens with two attached hydrogens (primary N) is 1. The van der Waals surface area contributed by atoms with Crippen molar-refractivity contribution in [2.45, 2.75) is 43.8 Å². The van der Waals surface area contributed by atoms with Gasteiger partial charge in [0.05, 0.1) is 12.4 Å². The first-order valence-corrected chi connectivity index (χ1v) is 12.1. The van der Waals surface area contributed by atoms with Gasteiger partial charge >= 0.3 is 6.01 Å². The van der Waals surface area contributed by atoms with Crippen LogP contribution in [0.1, 0.15) is 37.1 Å². The van der Waals surface area contributed by atoms with Crippen molar-refractivity contribution in [2.75, 3.05) is 42.6 Å². The summed E-state index contributed by atoms with van der Waals surface area (Å²) in [4.78, 5) is 16.4. The minimum Gasteiger partial charge on any atom is -0.487 e. The Balaban J connectivity index is 1.15. The van der Waals surface area contributed by atoms with Crippen LogP contribution in [0.15, 0.2) is 29.0 Å². The predicted octanol–water partition coefficient (Wildman–Crippen LogP) is 3.16. The number of piperidine rings is 1. The van der Waals surface area contributed by atoms with Crippen molar-refractivity contribution in [3.8, 4) is 5.75 Å². The van der Waals surface area contributed by atoms with Gasteiger partial charge < -0.3 is 24.8 Å². The summed E-state index contributed by atoms with van der Waals surface area (Å²) >= 11 is 0. The average molecular weight is 522 g/mol. The molecule has 2 aliphatic heterocycles. The molecule has 13 heteroatoms. The number of benzene rings is 1. The lowest BCUT2D eigenvalue weighted by Gasteiger charge is -2.35. The molecule has 0 bridgehead atoms. The lowest BCUT2D eigenvalue weighted by atomic mass is 9.94. The Bertz CT molecular complexity index is 1230. The van der Waals surface area contributed by atoms with Crippen LogP contribution in [-0.2, 0) is 6.42 Å². The Kier molecular flexibility index (Phi) is 6.88. The van der Waals surface area contributed by atoms with E-state index in [0.29, 0.717) is 55.7 Å². The van der Waals surface area contributed by atoms with Gasteiger partial charge in [-0.2, -0.15) is 4.98 Å². The Hall–Kier alpha value is -3.48. The van der Waals surface area contributed by atoms with E-state index in [9.17, 15) is 13.2 Å². The Morgan fingerprint density at radius 1 is 1.05 bits per heavy atom. The molecule has 2 N–H and O–H groups in total. The largest absolute Gasteiger partial charge is 0.487 e. The number of ether oxygens (including phenoxy) is 1. The summed E-state index contributed by atoms with van der Waals surface area (Å²) in [6, 6.07) is 1.24. The van der Waals surface area contributed by atoms with E-state index in [-0.39, 0.29) is 31.6 Å². The van der Waals surface area contributed by atoms with Crippen molar-refractivity contribution < 1.29 is 26.8 Å². The molecule has 2 aliphatic rings. The maximum absolute atomic E-state index is 15.3. The number of alkyl halides is 1. The van der Waals surface area contributed by atoms with Gasteiger partial charge in [-0.25, -0.2) is 27.5 Å². The van der Waals surface area contributed by atoms with E-state index in [4.69, 9.17) is 15.0 Å². The molecule has 2 saturated heterocycles. The zero-order chi connectivity index (χ0) is 26.2. The normalized spacial score (nSPS) is 21.5. The summed E-state index contributed by atoms with van der Waals surface area (Å²) < 4.78 is 67.4. The van der Waals surface area contributed by atoms with E-state index in [1.165, 1.54) is 12.4 Å². The maximum atomic E-state index is 15.3. The number of rotatable bonds is 7. The topological polar surface area (TPSA) is 106 Å². The maximum Gasteiger partial charge on any atom is 0.324 e. The molecule has 2 atom stereocenters. The average Bonchev–Trinajstić information content (AvgIpc) is 3.53. The molecule has 9 nitrogen and oxygen atoms in total. The van der Waals surface area contributed by atoms with Crippen LogP contribution in [0.2, 0.25) is 0 Å². The second-order valence-electron chi connectivity index (χ2n) is 9.46. The number of hydrogen-bond donors (Lipinski definition) is 1. The van der Waals surface area contributed by atoms with Gasteiger partial charge in [-0.3, -0.25) is 0 Å². The molecular formula is C24H27F4N7O2. The van der Waals surface area contributed by atoms with Crippen LogP contribution >= 0.6 is 0 Å². The highest BCUT2D eigenvalue weighted by Crippen LogP contribution is 2.32. The molecule has 4 heterocycles. The smallest absolute Gasteiger partial charge is 0.324 e. The van der Waals surface area contributed by atoms with Gasteiger partial charge in [0, 0.05) is 63.5 Å². The van der Waals surface area contributed by atoms with Gasteiger partial charge in [-0.15, -0.1) is 0 Å². The van der Waals surface area contributed by atoms with Crippen molar-refractivity contribution in [1.29, 1.82) is 0 Å². The molecule has 0 spiro atoms. The molecular weight excluding hydrogens is 494 g/mol. The summed E-state index contributed by atoms with van der Waals surface area (Å²) in [6.45, 7) is 3.16. The molecule has 0 aliphatic carbocycles. The first-order valence-electron chi connectivity index (χ1n) is 12.1. The van der Waals surface area contributed by atoms with Gasteiger partial charge in [-0.1, -0.05) is 12.1 Å². The molecule has 0 amide bonds. The summed E-state index contributed by atoms with van der Waals surface area (Å²) in [5, 5.41) is 3.88. The van der Waals surface area contributed by atoms with Crippen LogP contribution in [0.3, 0.4) is 0 Å². The zero-order valence-corrected chi connectivity index (χ0v) is 20.2. The highest BCUT2D eigenvalue weighted by molar-refractivity contribution is 5.39. The third kappa shape index (κ3) is 5.31. The minimum absolute atomic E-state index is 0.0121. The van der Waals surface area contributed by atoms with Crippen LogP contribution in [0.4, 0.5) is 29.5 Å². The predicted molar refractivity (Wildman–Crippen MR) is 126 cm³/mol. The van der Waals surface area contributed by atoms with Crippen molar-refractivity contribution in [3.63, 3.8) is 0 Å². The van der Waals surface area contributed by atoms with Crippen LogP contribution in [0.25, 0.3) is 0 Å². The van der Waals surface area contributed by atoms with Gasteiger partial charge in [-0.05, 0) is 11.6 Å². The number of anilines is 2. The van der Waals surface area contributed by atoms with Crippen molar-refractivity contribution >= 4 is 12.0 Å². The van der Waals surface area contributed by atoms with Crippen LogP contribution < -0.4 is 20.3 Å². The third-order valence-corrected chi connectivity index (χ3v) is 6.90. The van der Waals surface area contributed by atoms with Crippen molar-refractivity contribution in [3.05, 3.63) is 53.4 Å². The van der Waals surface area contributed by atoms with Crippen molar-refractivity contribution in [2.24, 2.45) is 5.73 Å². The van der Waals surface area contributed by atoms with Gasteiger partial charge in [0.1, 0.15) is 18.1 Å². The number of hydrogen-bond acceptors (Lipinski definition) is 9. The monoisotopic (exact) mass is 521 g/mol. The lowest BCUT2D eigenvalue weighted by molar-refractivity contribution is 0.0585. The number of halogens is 4. The van der Waals surface area contributed by atoms with E-state index in [2.05, 4.69) is 20.1 Å². The molecule has 198 valence electrons. The second kappa shape index (κ2) is 10.1. The Morgan fingerprint density at radius 2 is 1.76 bits per heavy atom. The summed E-state index contributed by atoms with van der Waals surface area (Å²) in [7, 11) is 0.